The van der Waals surface area contributed by atoms with E-state index in [9.17, 15) is 4.79 Å². The fourth-order valence-electron chi connectivity index (χ4n) is 2.99. The van der Waals surface area contributed by atoms with E-state index in [-0.39, 0.29) is 11.9 Å². The Kier molecular flexibility index (Phi) is 6.31. The molecule has 0 aromatic heterocycles. The zero-order chi connectivity index (χ0) is 17.7. The van der Waals surface area contributed by atoms with Gasteiger partial charge in [0.1, 0.15) is 6.04 Å². The molecule has 0 unspecified atom stereocenters. The quantitative estimate of drug-likeness (QED) is 0.861. The van der Waals surface area contributed by atoms with Crippen molar-refractivity contribution in [3.05, 3.63) is 17.7 Å². The predicted octanol–water partition coefficient (Wildman–Crippen LogP) is 1.98. The molecule has 24 heavy (non-hydrogen) atoms. The molecule has 1 aromatic carbocycles. The number of methoxy groups -OCH3 is 2. The highest BCUT2D eigenvalue weighted by Gasteiger charge is 2.24. The number of nitrogens with one attached hydrogen (secondary N) is 1. The Labute approximate surface area is 144 Å². The summed E-state index contributed by atoms with van der Waals surface area (Å²) in [6.45, 7) is 10.6. The Balaban J connectivity index is 2.04. The number of nitrogens with zero attached hydrogens (tertiary/aromatic N) is 2. The minimum Gasteiger partial charge on any atom is -0.493 e. The van der Waals surface area contributed by atoms with Crippen LogP contribution in [0.15, 0.2) is 12.1 Å². The van der Waals surface area contributed by atoms with Crippen LogP contribution in [0, 0.1) is 6.92 Å². The second kappa shape index (κ2) is 8.24. The first-order chi connectivity index (χ1) is 11.5. The Morgan fingerprint density at radius 1 is 1.17 bits per heavy atom. The van der Waals surface area contributed by atoms with Gasteiger partial charge in [0.2, 0.25) is 5.91 Å². The summed E-state index contributed by atoms with van der Waals surface area (Å²) in [5.74, 6) is 1.48. The molecule has 1 amide bonds. The molecule has 1 atom stereocenters. The largest absolute Gasteiger partial charge is 0.493 e. The summed E-state index contributed by atoms with van der Waals surface area (Å²) in [5, 5.41) is 3.32. The lowest BCUT2D eigenvalue weighted by Crippen LogP contribution is -2.52. The van der Waals surface area contributed by atoms with Crippen molar-refractivity contribution >= 4 is 11.6 Å². The van der Waals surface area contributed by atoms with Crippen molar-refractivity contribution in [2.24, 2.45) is 0 Å². The molecule has 1 fully saturated rings. The third-order valence-electron chi connectivity index (χ3n) is 4.60. The second-order valence-electron chi connectivity index (χ2n) is 6.15. The first-order valence-corrected chi connectivity index (χ1v) is 8.50. The Hall–Kier alpha value is -1.95. The predicted molar refractivity (Wildman–Crippen MR) is 96.1 cm³/mol. The van der Waals surface area contributed by atoms with Crippen molar-refractivity contribution in [1.29, 1.82) is 0 Å². The lowest BCUT2D eigenvalue weighted by atomic mass is 10.1. The number of aryl methyl sites for hydroxylation is 1. The molecule has 1 heterocycles. The molecule has 1 aliphatic heterocycles. The number of benzene rings is 1. The van der Waals surface area contributed by atoms with Gasteiger partial charge < -0.3 is 24.6 Å². The van der Waals surface area contributed by atoms with Gasteiger partial charge in [0, 0.05) is 37.9 Å². The van der Waals surface area contributed by atoms with Crippen molar-refractivity contribution in [3.63, 3.8) is 0 Å². The molecule has 0 radical (unpaired) electrons. The summed E-state index contributed by atoms with van der Waals surface area (Å²) in [6.07, 6.45) is 0. The van der Waals surface area contributed by atoms with Crippen LogP contribution in [0.2, 0.25) is 0 Å². The maximum absolute atomic E-state index is 12.7. The van der Waals surface area contributed by atoms with E-state index in [0.717, 1.165) is 44.0 Å². The van der Waals surface area contributed by atoms with Crippen LogP contribution in [0.4, 0.5) is 5.69 Å². The minimum atomic E-state index is -0.282. The topological polar surface area (TPSA) is 54.0 Å². The molecule has 2 rings (SSSR count). The number of carbonyl (C=O) groups excluding carboxylic acids is 1. The highest BCUT2D eigenvalue weighted by Crippen LogP contribution is 2.33. The lowest BCUT2D eigenvalue weighted by molar-refractivity contribution is -0.133. The number of ether oxygens (including phenoxy) is 2. The van der Waals surface area contributed by atoms with Crippen molar-refractivity contribution in [2.75, 3.05) is 52.3 Å². The van der Waals surface area contributed by atoms with Gasteiger partial charge in [-0.05, 0) is 32.0 Å². The average Bonchev–Trinajstić information content (AvgIpc) is 2.62. The molecule has 0 bridgehead atoms. The van der Waals surface area contributed by atoms with Crippen molar-refractivity contribution < 1.29 is 14.3 Å². The summed E-state index contributed by atoms with van der Waals surface area (Å²) in [4.78, 5) is 17.0. The maximum Gasteiger partial charge on any atom is 0.244 e. The van der Waals surface area contributed by atoms with Crippen molar-refractivity contribution in [2.45, 2.75) is 26.8 Å². The first-order valence-electron chi connectivity index (χ1n) is 8.50. The highest BCUT2D eigenvalue weighted by molar-refractivity contribution is 5.85. The molecule has 6 nitrogen and oxygen atoms in total. The number of hydrogen-bond acceptors (Lipinski definition) is 5. The smallest absolute Gasteiger partial charge is 0.244 e. The van der Waals surface area contributed by atoms with Gasteiger partial charge in [0.15, 0.2) is 11.5 Å². The Bertz CT molecular complexity index is 569. The standard InChI is InChI=1S/C18H29N3O3/c1-6-20-7-9-21(10-8-20)18(22)14(3)19-15-12-17(24-5)16(23-4)11-13(15)2/h11-12,14,19H,6-10H2,1-5H3/t14-/m0/s1. The monoisotopic (exact) mass is 335 g/mol. The van der Waals surface area contributed by atoms with Crippen molar-refractivity contribution in [1.82, 2.24) is 9.80 Å². The van der Waals surface area contributed by atoms with Crippen LogP contribution < -0.4 is 14.8 Å². The molecule has 6 heteroatoms. The number of piperazine rings is 1. The summed E-state index contributed by atoms with van der Waals surface area (Å²) < 4.78 is 10.7. The molecule has 0 spiro atoms. The van der Waals surface area contributed by atoms with E-state index in [1.165, 1.54) is 0 Å². The number of rotatable bonds is 6. The van der Waals surface area contributed by atoms with Crippen LogP contribution in [0.3, 0.4) is 0 Å². The van der Waals surface area contributed by atoms with Gasteiger partial charge in [-0.1, -0.05) is 6.92 Å². The van der Waals surface area contributed by atoms with Crippen LogP contribution in [0.5, 0.6) is 11.5 Å². The van der Waals surface area contributed by atoms with E-state index < -0.39 is 0 Å². The molecule has 134 valence electrons. The molecule has 1 N–H and O–H groups in total. The Morgan fingerprint density at radius 2 is 1.75 bits per heavy atom. The van der Waals surface area contributed by atoms with E-state index in [1.54, 1.807) is 14.2 Å². The average molecular weight is 335 g/mol. The maximum atomic E-state index is 12.7. The summed E-state index contributed by atoms with van der Waals surface area (Å²) >= 11 is 0. The van der Waals surface area contributed by atoms with Gasteiger partial charge in [-0.3, -0.25) is 4.79 Å². The third kappa shape index (κ3) is 4.12. The number of likely N-dealkylation sites (N-methyl/N-ethyl adjacent to an activating group) is 1. The molecule has 0 aliphatic carbocycles. The zero-order valence-electron chi connectivity index (χ0n) is 15.4. The van der Waals surface area contributed by atoms with Gasteiger partial charge in [-0.25, -0.2) is 0 Å². The van der Waals surface area contributed by atoms with Gasteiger partial charge in [0.05, 0.1) is 14.2 Å². The summed E-state index contributed by atoms with van der Waals surface area (Å²) in [5.41, 5.74) is 1.91. The van der Waals surface area contributed by atoms with Crippen LogP contribution in [-0.2, 0) is 4.79 Å². The van der Waals surface area contributed by atoms with E-state index in [4.69, 9.17) is 9.47 Å². The molecule has 1 saturated heterocycles. The second-order valence-corrected chi connectivity index (χ2v) is 6.15. The van der Waals surface area contributed by atoms with E-state index in [0.29, 0.717) is 11.5 Å². The lowest BCUT2D eigenvalue weighted by Gasteiger charge is -2.35. The molecular formula is C18H29N3O3. The van der Waals surface area contributed by atoms with Gasteiger partial charge in [0.25, 0.3) is 0 Å². The van der Waals surface area contributed by atoms with E-state index >= 15 is 0 Å². The van der Waals surface area contributed by atoms with Gasteiger partial charge in [-0.2, -0.15) is 0 Å². The van der Waals surface area contributed by atoms with Crippen LogP contribution in [-0.4, -0.2) is 68.7 Å². The minimum absolute atomic E-state index is 0.139. The fourth-order valence-corrected chi connectivity index (χ4v) is 2.99. The van der Waals surface area contributed by atoms with Crippen molar-refractivity contribution in [3.8, 4) is 11.5 Å². The van der Waals surface area contributed by atoms with E-state index in [2.05, 4.69) is 17.1 Å². The molecule has 0 saturated carbocycles. The Morgan fingerprint density at radius 3 is 2.29 bits per heavy atom. The number of amides is 1. The van der Waals surface area contributed by atoms with Crippen LogP contribution >= 0.6 is 0 Å². The zero-order valence-corrected chi connectivity index (χ0v) is 15.4. The summed E-state index contributed by atoms with van der Waals surface area (Å²) in [6, 6.07) is 3.51. The highest BCUT2D eigenvalue weighted by atomic mass is 16.5. The molecule has 1 aromatic rings. The summed E-state index contributed by atoms with van der Waals surface area (Å²) in [7, 11) is 3.23. The number of carbonyl (C=O) groups is 1. The van der Waals surface area contributed by atoms with Gasteiger partial charge in [-0.15, -0.1) is 0 Å². The van der Waals surface area contributed by atoms with Gasteiger partial charge >= 0.3 is 0 Å². The number of hydrogen-bond donors (Lipinski definition) is 1. The van der Waals surface area contributed by atoms with E-state index in [1.807, 2.05) is 30.9 Å². The van der Waals surface area contributed by atoms with Crippen LogP contribution in [0.25, 0.3) is 0 Å². The molecule has 1 aliphatic rings. The first kappa shape index (κ1) is 18.4. The molecular weight excluding hydrogens is 306 g/mol. The third-order valence-corrected chi connectivity index (χ3v) is 4.60. The van der Waals surface area contributed by atoms with Crippen LogP contribution in [0.1, 0.15) is 19.4 Å². The fraction of sp³-hybridized carbons (Fsp3) is 0.611. The normalized spacial score (nSPS) is 16.6. The number of anilines is 1. The SMILES string of the molecule is CCN1CCN(C(=O)[C@H](C)Nc2cc(OC)c(OC)cc2C)CC1.